The van der Waals surface area contributed by atoms with Crippen molar-refractivity contribution < 1.29 is 32.6 Å². The van der Waals surface area contributed by atoms with Crippen molar-refractivity contribution in [1.29, 1.82) is 0 Å². The fourth-order valence-corrected chi connectivity index (χ4v) is 2.06. The lowest BCUT2D eigenvalue weighted by molar-refractivity contribution is -0.274. The highest BCUT2D eigenvalue weighted by Gasteiger charge is 2.31. The van der Waals surface area contributed by atoms with E-state index < -0.39 is 30.0 Å². The lowest BCUT2D eigenvalue weighted by Gasteiger charge is -2.11. The summed E-state index contributed by atoms with van der Waals surface area (Å²) in [5.41, 5.74) is 0.155. The number of rotatable bonds is 6. The minimum Gasteiger partial charge on any atom is -0.406 e. The van der Waals surface area contributed by atoms with E-state index in [1.54, 1.807) is 0 Å². The summed E-state index contributed by atoms with van der Waals surface area (Å²) < 4.78 is 39.8. The smallest absolute Gasteiger partial charge is 0.406 e. The van der Waals surface area contributed by atoms with Crippen LogP contribution in [-0.2, 0) is 9.59 Å². The Hall–Kier alpha value is -2.29. The molecule has 24 heavy (non-hydrogen) atoms. The molecule has 0 spiro atoms. The zero-order valence-corrected chi connectivity index (χ0v) is 12.6. The third-order valence-electron chi connectivity index (χ3n) is 3.44. The summed E-state index contributed by atoms with van der Waals surface area (Å²) in [6.45, 7) is 0.169. The Morgan fingerprint density at radius 3 is 2.38 bits per heavy atom. The Morgan fingerprint density at radius 1 is 1.21 bits per heavy atom. The van der Waals surface area contributed by atoms with Gasteiger partial charge in [0.25, 0.3) is 0 Å². The quantitative estimate of drug-likeness (QED) is 0.686. The van der Waals surface area contributed by atoms with Gasteiger partial charge in [0, 0.05) is 12.2 Å². The molecule has 0 radical (unpaired) electrons. The van der Waals surface area contributed by atoms with Crippen LogP contribution in [0.3, 0.4) is 0 Å². The number of amides is 2. The van der Waals surface area contributed by atoms with Crippen LogP contribution in [0.5, 0.6) is 5.75 Å². The second-order valence-corrected chi connectivity index (χ2v) is 5.48. The summed E-state index contributed by atoms with van der Waals surface area (Å²) in [4.78, 5) is 23.2. The molecule has 0 bridgehead atoms. The molecule has 9 heteroatoms. The van der Waals surface area contributed by atoms with Crippen LogP contribution < -0.4 is 15.4 Å². The molecular weight excluding hydrogens is 329 g/mol. The number of hydrogen-bond donors (Lipinski definition) is 3. The molecule has 1 aliphatic rings. The van der Waals surface area contributed by atoms with Gasteiger partial charge in [-0.2, -0.15) is 0 Å². The van der Waals surface area contributed by atoms with Gasteiger partial charge in [0.1, 0.15) is 5.75 Å². The molecule has 1 aromatic rings. The fourth-order valence-electron chi connectivity index (χ4n) is 2.06. The third kappa shape index (κ3) is 6.07. The molecule has 0 aromatic heterocycles. The lowest BCUT2D eigenvalue weighted by atomic mass is 10.2. The third-order valence-corrected chi connectivity index (χ3v) is 3.44. The second-order valence-electron chi connectivity index (χ2n) is 5.48. The van der Waals surface area contributed by atoms with Crippen LogP contribution in [0.25, 0.3) is 0 Å². The Bertz CT molecular complexity index is 585. The van der Waals surface area contributed by atoms with Crippen molar-refractivity contribution in [3.05, 3.63) is 24.3 Å². The topological polar surface area (TPSA) is 87.7 Å². The van der Waals surface area contributed by atoms with Crippen molar-refractivity contribution in [1.82, 2.24) is 5.32 Å². The molecule has 2 amide bonds. The Labute approximate surface area is 136 Å². The zero-order valence-electron chi connectivity index (χ0n) is 12.6. The molecule has 1 fully saturated rings. The van der Waals surface area contributed by atoms with E-state index in [4.69, 9.17) is 0 Å². The summed E-state index contributed by atoms with van der Waals surface area (Å²) in [6.07, 6.45) is -2.95. The molecule has 1 aliphatic carbocycles. The summed E-state index contributed by atoms with van der Waals surface area (Å²) >= 11 is 0. The van der Waals surface area contributed by atoms with E-state index in [0.717, 1.165) is 25.0 Å². The molecule has 0 heterocycles. The first-order chi connectivity index (χ1) is 11.2. The van der Waals surface area contributed by atoms with Gasteiger partial charge in [-0.05, 0) is 49.4 Å². The van der Waals surface area contributed by atoms with E-state index in [2.05, 4.69) is 15.4 Å². The minimum atomic E-state index is -4.80. The number of halogens is 3. The SMILES string of the molecule is O=C(NCC[C@@H](O)C1CC1)C(=O)Nc1ccc(OC(F)(F)F)cc1. The van der Waals surface area contributed by atoms with E-state index in [1.165, 1.54) is 12.1 Å². The van der Waals surface area contributed by atoms with Gasteiger partial charge >= 0.3 is 18.2 Å². The maximum Gasteiger partial charge on any atom is 0.573 e. The minimum absolute atomic E-state index is 0.155. The van der Waals surface area contributed by atoms with Crippen molar-refractivity contribution in [2.24, 2.45) is 5.92 Å². The van der Waals surface area contributed by atoms with Crippen LogP contribution in [0.15, 0.2) is 24.3 Å². The molecule has 1 atom stereocenters. The van der Waals surface area contributed by atoms with Gasteiger partial charge in [-0.15, -0.1) is 13.2 Å². The standard InChI is InChI=1S/C15H17F3N2O4/c16-15(17,18)24-11-5-3-10(4-6-11)20-14(23)13(22)19-8-7-12(21)9-1-2-9/h3-6,9,12,21H,1-2,7-8H2,(H,19,22)(H,20,23)/t12-/m1/s1. The van der Waals surface area contributed by atoms with Crippen LogP contribution in [-0.4, -0.2) is 35.9 Å². The highest BCUT2D eigenvalue weighted by Crippen LogP contribution is 2.33. The van der Waals surface area contributed by atoms with Crippen molar-refractivity contribution in [3.8, 4) is 5.75 Å². The van der Waals surface area contributed by atoms with Crippen molar-refractivity contribution >= 4 is 17.5 Å². The van der Waals surface area contributed by atoms with Crippen molar-refractivity contribution in [2.45, 2.75) is 31.7 Å². The molecule has 6 nitrogen and oxygen atoms in total. The molecule has 1 aromatic carbocycles. The first kappa shape index (κ1) is 18.1. The number of ether oxygens (including phenoxy) is 1. The molecule has 1 saturated carbocycles. The number of carbonyl (C=O) groups excluding carboxylic acids is 2. The Kier molecular flexibility index (Phi) is 5.66. The average Bonchev–Trinajstić information content (AvgIpc) is 3.32. The van der Waals surface area contributed by atoms with E-state index in [0.29, 0.717) is 6.42 Å². The number of benzene rings is 1. The van der Waals surface area contributed by atoms with Gasteiger partial charge in [-0.1, -0.05) is 0 Å². The number of hydrogen-bond acceptors (Lipinski definition) is 4. The second kappa shape index (κ2) is 7.52. The number of aliphatic hydroxyl groups is 1. The van der Waals surface area contributed by atoms with E-state index in [1.807, 2.05) is 0 Å². The normalized spacial score (nSPS) is 15.5. The average molecular weight is 346 g/mol. The number of alkyl halides is 3. The maximum atomic E-state index is 12.0. The summed E-state index contributed by atoms with van der Waals surface area (Å²) in [5.74, 6) is -1.97. The van der Waals surface area contributed by atoms with Crippen molar-refractivity contribution in [3.63, 3.8) is 0 Å². The Morgan fingerprint density at radius 2 is 1.83 bits per heavy atom. The Balaban J connectivity index is 1.75. The monoisotopic (exact) mass is 346 g/mol. The van der Waals surface area contributed by atoms with Crippen LogP contribution in [0.4, 0.5) is 18.9 Å². The highest BCUT2D eigenvalue weighted by atomic mass is 19.4. The maximum absolute atomic E-state index is 12.0. The van der Waals surface area contributed by atoms with Gasteiger partial charge in [0.05, 0.1) is 6.10 Å². The largest absolute Gasteiger partial charge is 0.573 e. The molecule has 0 aliphatic heterocycles. The number of carbonyl (C=O) groups is 2. The van der Waals surface area contributed by atoms with Crippen LogP contribution >= 0.6 is 0 Å². The van der Waals surface area contributed by atoms with Crippen LogP contribution in [0.2, 0.25) is 0 Å². The van der Waals surface area contributed by atoms with Gasteiger partial charge in [0.2, 0.25) is 0 Å². The van der Waals surface area contributed by atoms with Gasteiger partial charge in [-0.3, -0.25) is 9.59 Å². The van der Waals surface area contributed by atoms with E-state index >= 15 is 0 Å². The van der Waals surface area contributed by atoms with Crippen molar-refractivity contribution in [2.75, 3.05) is 11.9 Å². The molecule has 0 unspecified atom stereocenters. The highest BCUT2D eigenvalue weighted by molar-refractivity contribution is 6.39. The molecular formula is C15H17F3N2O4. The van der Waals surface area contributed by atoms with Gasteiger partial charge in [0.15, 0.2) is 0 Å². The summed E-state index contributed by atoms with van der Waals surface area (Å²) in [7, 11) is 0. The predicted octanol–water partition coefficient (Wildman–Crippen LogP) is 1.80. The molecule has 2 rings (SSSR count). The van der Waals surface area contributed by atoms with Gasteiger partial charge in [-0.25, -0.2) is 0 Å². The molecule has 3 N–H and O–H groups in total. The number of nitrogens with one attached hydrogen (secondary N) is 2. The first-order valence-corrected chi connectivity index (χ1v) is 7.37. The predicted molar refractivity (Wildman–Crippen MR) is 78.1 cm³/mol. The van der Waals surface area contributed by atoms with E-state index in [-0.39, 0.29) is 18.2 Å². The number of anilines is 1. The molecule has 132 valence electrons. The van der Waals surface area contributed by atoms with Crippen LogP contribution in [0, 0.1) is 5.92 Å². The first-order valence-electron chi connectivity index (χ1n) is 7.37. The van der Waals surface area contributed by atoms with Gasteiger partial charge < -0.3 is 20.5 Å². The number of aliphatic hydroxyl groups excluding tert-OH is 1. The van der Waals surface area contributed by atoms with Crippen LogP contribution in [0.1, 0.15) is 19.3 Å². The summed E-state index contributed by atoms with van der Waals surface area (Å²) in [5, 5.41) is 14.3. The molecule has 0 saturated heterocycles. The van der Waals surface area contributed by atoms with E-state index in [9.17, 15) is 27.9 Å². The lowest BCUT2D eigenvalue weighted by Crippen LogP contribution is -2.37. The fraction of sp³-hybridized carbons (Fsp3) is 0.467. The summed E-state index contributed by atoms with van der Waals surface area (Å²) in [6, 6.07) is 4.41. The zero-order chi connectivity index (χ0) is 17.7.